The summed E-state index contributed by atoms with van der Waals surface area (Å²) in [6, 6.07) is 15.8. The maximum atomic E-state index is 6.55. The third kappa shape index (κ3) is 4.56. The molecule has 4 aromatic rings. The van der Waals surface area contributed by atoms with Crippen LogP contribution in [0.25, 0.3) is 11.4 Å². The number of hydrogen-bond donors (Lipinski definition) is 0. The van der Waals surface area contributed by atoms with Gasteiger partial charge in [0.2, 0.25) is 0 Å². The molecule has 4 rings (SSSR count). The van der Waals surface area contributed by atoms with Crippen LogP contribution in [-0.4, -0.2) is 9.55 Å². The summed E-state index contributed by atoms with van der Waals surface area (Å²) in [4.78, 5) is 4.75. The van der Waals surface area contributed by atoms with Crippen molar-refractivity contribution in [1.29, 1.82) is 0 Å². The smallest absolute Gasteiger partial charge is 0.424 e. The second kappa shape index (κ2) is 9.22. The summed E-state index contributed by atoms with van der Waals surface area (Å²) in [6.45, 7) is 15.5. The van der Waals surface area contributed by atoms with Gasteiger partial charge in [-0.25, -0.2) is 0 Å². The number of ether oxygens (including phenoxy) is 1. The lowest BCUT2D eigenvalue weighted by atomic mass is 10.0. The van der Waals surface area contributed by atoms with Crippen LogP contribution in [0.4, 0.5) is 0 Å². The van der Waals surface area contributed by atoms with Crippen LogP contribution in [-0.2, 0) is 13.0 Å². The summed E-state index contributed by atoms with van der Waals surface area (Å²) in [5, 5.41) is 0. The van der Waals surface area contributed by atoms with Gasteiger partial charge in [-0.1, -0.05) is 48.4 Å². The molecule has 2 aromatic heterocycles. The number of imidazole rings is 1. The molecule has 0 saturated heterocycles. The third-order valence-corrected chi connectivity index (χ3v) is 6.11. The average Bonchev–Trinajstić information content (AvgIpc) is 3.14. The lowest BCUT2D eigenvalue weighted by molar-refractivity contribution is -0.604. The van der Waals surface area contributed by atoms with E-state index in [0.717, 1.165) is 35.2 Å². The van der Waals surface area contributed by atoms with E-state index in [-0.39, 0.29) is 0 Å². The van der Waals surface area contributed by atoms with Crippen molar-refractivity contribution in [2.75, 3.05) is 0 Å². The topological polar surface area (TPSA) is 30.9 Å². The highest BCUT2D eigenvalue weighted by atomic mass is 16.5. The van der Waals surface area contributed by atoms with Crippen molar-refractivity contribution in [3.63, 3.8) is 0 Å². The van der Waals surface area contributed by atoms with Crippen LogP contribution in [0.1, 0.15) is 51.7 Å². The minimum Gasteiger partial charge on any atom is -0.424 e. The van der Waals surface area contributed by atoms with Gasteiger partial charge in [-0.05, 0) is 82.3 Å². The molecule has 0 amide bonds. The highest BCUT2D eigenvalue weighted by molar-refractivity contribution is 5.51. The van der Waals surface area contributed by atoms with Crippen molar-refractivity contribution in [1.82, 2.24) is 9.55 Å². The average molecular weight is 441 g/mol. The fraction of sp³-hybridized carbons (Fsp3) is 0.310. The molecule has 0 aliphatic heterocycles. The normalized spacial score (nSPS) is 11.1. The van der Waals surface area contributed by atoms with E-state index in [0.29, 0.717) is 6.61 Å². The summed E-state index contributed by atoms with van der Waals surface area (Å²) >= 11 is 0. The van der Waals surface area contributed by atoms with Crippen molar-refractivity contribution in [3.05, 3.63) is 99.6 Å². The van der Waals surface area contributed by atoms with Gasteiger partial charge in [-0.3, -0.25) is 4.98 Å². The predicted octanol–water partition coefficient (Wildman–Crippen LogP) is 6.14. The van der Waals surface area contributed by atoms with Gasteiger partial charge < -0.3 is 4.74 Å². The molecule has 170 valence electrons. The summed E-state index contributed by atoms with van der Waals surface area (Å²) in [6.07, 6.45) is 5.12. The first kappa shape index (κ1) is 22.8. The minimum absolute atomic E-state index is 0.408. The number of benzene rings is 2. The Balaban J connectivity index is 1.87. The van der Waals surface area contributed by atoms with Crippen LogP contribution in [0.5, 0.6) is 6.01 Å². The van der Waals surface area contributed by atoms with Gasteiger partial charge in [0, 0.05) is 5.69 Å². The summed E-state index contributed by atoms with van der Waals surface area (Å²) in [5.74, 6) is 0. The quantitative estimate of drug-likeness (QED) is 0.337. The van der Waals surface area contributed by atoms with Gasteiger partial charge in [-0.2, -0.15) is 9.13 Å². The molecule has 0 aliphatic rings. The van der Waals surface area contributed by atoms with E-state index in [9.17, 15) is 0 Å². The molecule has 2 aromatic carbocycles. The number of pyridine rings is 1. The Morgan fingerprint density at radius 3 is 2.00 bits per heavy atom. The Bertz CT molecular complexity index is 1200. The maximum absolute atomic E-state index is 6.55. The first-order valence-electron chi connectivity index (χ1n) is 11.7. The zero-order valence-electron chi connectivity index (χ0n) is 20.9. The largest absolute Gasteiger partial charge is 0.467 e. The SMILES string of the molecule is CCc1cccc(COc2n(-c3c(C)cc(C)cc3C)cc[n+]2-c2c(C)cc(C)cc2C)n1. The van der Waals surface area contributed by atoms with E-state index >= 15 is 0 Å². The Labute approximate surface area is 197 Å². The molecular formula is C29H34N3O+. The lowest BCUT2D eigenvalue weighted by Crippen LogP contribution is -2.33. The van der Waals surface area contributed by atoms with Crippen LogP contribution in [0.2, 0.25) is 0 Å². The first-order chi connectivity index (χ1) is 15.8. The second-order valence-corrected chi connectivity index (χ2v) is 9.08. The van der Waals surface area contributed by atoms with E-state index in [1.807, 2.05) is 6.07 Å². The molecule has 4 nitrogen and oxygen atoms in total. The molecule has 0 spiro atoms. The zero-order chi connectivity index (χ0) is 23.7. The number of aryl methyl sites for hydroxylation is 7. The Hall–Kier alpha value is -3.40. The number of rotatable bonds is 6. The third-order valence-electron chi connectivity index (χ3n) is 6.11. The van der Waals surface area contributed by atoms with Crippen molar-refractivity contribution in [2.45, 2.75) is 61.5 Å². The molecule has 0 aliphatic carbocycles. The minimum atomic E-state index is 0.408. The molecule has 0 bridgehead atoms. The van der Waals surface area contributed by atoms with Crippen molar-refractivity contribution < 1.29 is 9.30 Å². The molecule has 0 fully saturated rings. The lowest BCUT2D eigenvalue weighted by Gasteiger charge is -2.13. The zero-order valence-corrected chi connectivity index (χ0v) is 20.9. The van der Waals surface area contributed by atoms with Gasteiger partial charge in [0.15, 0.2) is 0 Å². The molecule has 0 atom stereocenters. The highest BCUT2D eigenvalue weighted by Gasteiger charge is 2.27. The fourth-order valence-corrected chi connectivity index (χ4v) is 4.91. The Morgan fingerprint density at radius 1 is 0.818 bits per heavy atom. The highest BCUT2D eigenvalue weighted by Crippen LogP contribution is 2.27. The van der Waals surface area contributed by atoms with Crippen LogP contribution in [0.15, 0.2) is 54.9 Å². The van der Waals surface area contributed by atoms with E-state index in [1.54, 1.807) is 0 Å². The molecule has 0 unspecified atom stereocenters. The van der Waals surface area contributed by atoms with Crippen molar-refractivity contribution >= 4 is 0 Å². The second-order valence-electron chi connectivity index (χ2n) is 9.08. The van der Waals surface area contributed by atoms with Crippen LogP contribution >= 0.6 is 0 Å². The number of hydrogen-bond acceptors (Lipinski definition) is 2. The van der Waals surface area contributed by atoms with Crippen LogP contribution < -0.4 is 9.30 Å². The molecule has 33 heavy (non-hydrogen) atoms. The summed E-state index contributed by atoms with van der Waals surface area (Å²) < 4.78 is 10.9. The summed E-state index contributed by atoms with van der Waals surface area (Å²) in [7, 11) is 0. The monoisotopic (exact) mass is 440 g/mol. The standard InChI is InChI=1S/C29H34N3O/c1-8-25-10-9-11-26(30-25)18-33-29-31(27-21(4)14-19(2)15-22(27)5)12-13-32(29)28-23(6)16-20(3)17-24(28)7/h9-17H,8,18H2,1-7H3/q+1. The predicted molar refractivity (Wildman–Crippen MR) is 134 cm³/mol. The maximum Gasteiger partial charge on any atom is 0.467 e. The summed E-state index contributed by atoms with van der Waals surface area (Å²) in [5.41, 5.74) is 11.8. The molecule has 0 saturated carbocycles. The van der Waals surface area contributed by atoms with E-state index in [1.165, 1.54) is 33.4 Å². The Morgan fingerprint density at radius 2 is 1.39 bits per heavy atom. The Kier molecular flexibility index (Phi) is 6.37. The molecule has 0 radical (unpaired) electrons. The molecule has 4 heteroatoms. The number of nitrogens with zero attached hydrogens (tertiary/aromatic N) is 3. The van der Waals surface area contributed by atoms with Crippen LogP contribution in [0.3, 0.4) is 0 Å². The van der Waals surface area contributed by atoms with Gasteiger partial charge in [0.25, 0.3) is 0 Å². The fourth-order valence-electron chi connectivity index (χ4n) is 4.91. The van der Waals surface area contributed by atoms with Gasteiger partial charge in [0.1, 0.15) is 30.4 Å². The van der Waals surface area contributed by atoms with E-state index in [4.69, 9.17) is 9.72 Å². The van der Waals surface area contributed by atoms with Crippen molar-refractivity contribution in [3.8, 4) is 17.4 Å². The van der Waals surface area contributed by atoms with Crippen molar-refractivity contribution in [2.24, 2.45) is 0 Å². The molecule has 0 N–H and O–H groups in total. The van der Waals surface area contributed by atoms with Gasteiger partial charge in [-0.15, -0.1) is 0 Å². The number of aromatic nitrogens is 3. The van der Waals surface area contributed by atoms with Gasteiger partial charge >= 0.3 is 6.01 Å². The van der Waals surface area contributed by atoms with E-state index < -0.39 is 0 Å². The molecule has 2 heterocycles. The first-order valence-corrected chi connectivity index (χ1v) is 11.7. The van der Waals surface area contributed by atoms with Crippen LogP contribution in [0, 0.1) is 41.5 Å². The molecular weight excluding hydrogens is 406 g/mol. The van der Waals surface area contributed by atoms with E-state index in [2.05, 4.69) is 106 Å². The van der Waals surface area contributed by atoms with Gasteiger partial charge in [0.05, 0.1) is 5.69 Å².